The quantitative estimate of drug-likeness (QED) is 0.776. The Morgan fingerprint density at radius 2 is 2.11 bits per heavy atom. The van der Waals surface area contributed by atoms with Crippen LogP contribution in [0, 0.1) is 5.92 Å². The smallest absolute Gasteiger partial charge is 0.327 e. The SMILES string of the molecule is CC1CC(C(=O)N2C(C)SCC2C(=O)O)CCN1. The number of amides is 1. The molecule has 4 atom stereocenters. The summed E-state index contributed by atoms with van der Waals surface area (Å²) in [4.78, 5) is 25.3. The Balaban J connectivity index is 2.08. The van der Waals surface area contributed by atoms with Gasteiger partial charge in [-0.25, -0.2) is 4.79 Å². The van der Waals surface area contributed by atoms with Gasteiger partial charge in [0.15, 0.2) is 0 Å². The van der Waals surface area contributed by atoms with E-state index in [1.165, 1.54) is 0 Å². The Bertz CT molecular complexity index is 350. The molecule has 4 unspecified atom stereocenters. The number of carbonyl (C=O) groups excluding carboxylic acids is 1. The van der Waals surface area contributed by atoms with E-state index in [-0.39, 0.29) is 17.2 Å². The number of hydrogen-bond acceptors (Lipinski definition) is 4. The molecule has 2 aliphatic rings. The van der Waals surface area contributed by atoms with Crippen LogP contribution in [0.1, 0.15) is 26.7 Å². The van der Waals surface area contributed by atoms with E-state index in [1.807, 2.05) is 6.92 Å². The zero-order valence-corrected chi connectivity index (χ0v) is 11.6. The van der Waals surface area contributed by atoms with Crippen LogP contribution < -0.4 is 5.32 Å². The number of aliphatic carboxylic acids is 1. The van der Waals surface area contributed by atoms with Crippen LogP contribution in [0.2, 0.25) is 0 Å². The highest BCUT2D eigenvalue weighted by atomic mass is 32.2. The van der Waals surface area contributed by atoms with Gasteiger partial charge in [0.25, 0.3) is 0 Å². The van der Waals surface area contributed by atoms with Crippen molar-refractivity contribution in [3.63, 3.8) is 0 Å². The molecule has 18 heavy (non-hydrogen) atoms. The molecule has 102 valence electrons. The van der Waals surface area contributed by atoms with Gasteiger partial charge in [-0.15, -0.1) is 11.8 Å². The highest BCUT2D eigenvalue weighted by Gasteiger charge is 2.42. The second-order valence-corrected chi connectivity index (χ2v) is 6.46. The third-order valence-electron chi connectivity index (χ3n) is 3.74. The summed E-state index contributed by atoms with van der Waals surface area (Å²) in [7, 11) is 0. The van der Waals surface area contributed by atoms with Crippen molar-refractivity contribution in [2.75, 3.05) is 12.3 Å². The van der Waals surface area contributed by atoms with Crippen molar-refractivity contribution >= 4 is 23.6 Å². The van der Waals surface area contributed by atoms with E-state index in [0.29, 0.717) is 11.8 Å². The van der Waals surface area contributed by atoms with Crippen molar-refractivity contribution in [3.8, 4) is 0 Å². The summed E-state index contributed by atoms with van der Waals surface area (Å²) in [6, 6.07) is -0.316. The number of hydrogen-bond donors (Lipinski definition) is 2. The van der Waals surface area contributed by atoms with Gasteiger partial charge >= 0.3 is 5.97 Å². The van der Waals surface area contributed by atoms with Gasteiger partial charge in [-0.1, -0.05) is 0 Å². The van der Waals surface area contributed by atoms with Gasteiger partial charge < -0.3 is 15.3 Å². The van der Waals surface area contributed by atoms with Crippen molar-refractivity contribution in [2.24, 2.45) is 5.92 Å². The molecule has 1 amide bonds. The lowest BCUT2D eigenvalue weighted by Crippen LogP contribution is -2.50. The minimum absolute atomic E-state index is 0.0215. The molecular formula is C12H20N2O3S. The topological polar surface area (TPSA) is 69.6 Å². The molecule has 0 aromatic carbocycles. The summed E-state index contributed by atoms with van der Waals surface area (Å²) in [5.74, 6) is -0.386. The molecule has 2 aliphatic heterocycles. The molecule has 2 fully saturated rings. The zero-order valence-electron chi connectivity index (χ0n) is 10.8. The Labute approximate surface area is 111 Å². The van der Waals surface area contributed by atoms with E-state index in [4.69, 9.17) is 0 Å². The fourth-order valence-electron chi connectivity index (χ4n) is 2.73. The van der Waals surface area contributed by atoms with Crippen LogP contribution in [0.5, 0.6) is 0 Å². The first-order valence-electron chi connectivity index (χ1n) is 6.40. The summed E-state index contributed by atoms with van der Waals surface area (Å²) in [6.07, 6.45) is 1.61. The molecule has 0 aromatic heterocycles. The molecule has 0 aliphatic carbocycles. The molecule has 5 nitrogen and oxygen atoms in total. The number of nitrogens with zero attached hydrogens (tertiary/aromatic N) is 1. The Morgan fingerprint density at radius 3 is 2.72 bits per heavy atom. The van der Waals surface area contributed by atoms with Gasteiger partial charge in [0.1, 0.15) is 6.04 Å². The van der Waals surface area contributed by atoms with E-state index < -0.39 is 12.0 Å². The van der Waals surface area contributed by atoms with E-state index in [9.17, 15) is 14.7 Å². The van der Waals surface area contributed by atoms with E-state index >= 15 is 0 Å². The predicted molar refractivity (Wildman–Crippen MR) is 70.4 cm³/mol. The maximum Gasteiger partial charge on any atom is 0.327 e. The van der Waals surface area contributed by atoms with Gasteiger partial charge in [-0.2, -0.15) is 0 Å². The highest BCUT2D eigenvalue weighted by Crippen LogP contribution is 2.32. The highest BCUT2D eigenvalue weighted by molar-refractivity contribution is 8.00. The van der Waals surface area contributed by atoms with Crippen LogP contribution in [-0.2, 0) is 9.59 Å². The molecule has 2 rings (SSSR count). The number of carboxylic acid groups (broad SMARTS) is 1. The monoisotopic (exact) mass is 272 g/mol. The molecule has 2 N–H and O–H groups in total. The number of piperidine rings is 1. The van der Waals surface area contributed by atoms with Gasteiger partial charge in [0.2, 0.25) is 5.91 Å². The number of rotatable bonds is 2. The maximum absolute atomic E-state index is 12.5. The second-order valence-electron chi connectivity index (χ2n) is 5.11. The van der Waals surface area contributed by atoms with Crippen LogP contribution >= 0.6 is 11.8 Å². The summed E-state index contributed by atoms with van der Waals surface area (Å²) < 4.78 is 0. The van der Waals surface area contributed by atoms with E-state index in [2.05, 4.69) is 12.2 Å². The summed E-state index contributed by atoms with van der Waals surface area (Å²) in [6.45, 7) is 4.82. The minimum atomic E-state index is -0.887. The summed E-state index contributed by atoms with van der Waals surface area (Å²) in [5, 5.41) is 12.5. The van der Waals surface area contributed by atoms with Crippen LogP contribution in [-0.4, -0.2) is 51.6 Å². The van der Waals surface area contributed by atoms with Crippen LogP contribution in [0.3, 0.4) is 0 Å². The van der Waals surface area contributed by atoms with Crippen LogP contribution in [0.25, 0.3) is 0 Å². The minimum Gasteiger partial charge on any atom is -0.480 e. The average molecular weight is 272 g/mol. The first-order valence-corrected chi connectivity index (χ1v) is 7.45. The zero-order chi connectivity index (χ0) is 13.3. The average Bonchev–Trinajstić information content (AvgIpc) is 2.70. The second kappa shape index (κ2) is 5.48. The molecule has 0 saturated carbocycles. The van der Waals surface area contributed by atoms with Crippen molar-refractivity contribution in [3.05, 3.63) is 0 Å². The van der Waals surface area contributed by atoms with Gasteiger partial charge in [0.05, 0.1) is 5.37 Å². The maximum atomic E-state index is 12.5. The summed E-state index contributed by atoms with van der Waals surface area (Å²) >= 11 is 1.54. The van der Waals surface area contributed by atoms with Gasteiger partial charge in [0, 0.05) is 17.7 Å². The molecule has 0 radical (unpaired) electrons. The number of nitrogens with one attached hydrogen (secondary N) is 1. The first-order chi connectivity index (χ1) is 8.50. The summed E-state index contributed by atoms with van der Waals surface area (Å²) in [5.41, 5.74) is 0. The Morgan fingerprint density at radius 1 is 1.39 bits per heavy atom. The van der Waals surface area contributed by atoms with Crippen molar-refractivity contribution < 1.29 is 14.7 Å². The van der Waals surface area contributed by atoms with Crippen molar-refractivity contribution in [1.82, 2.24) is 10.2 Å². The molecular weight excluding hydrogens is 252 g/mol. The van der Waals surface area contributed by atoms with Crippen LogP contribution in [0.15, 0.2) is 0 Å². The predicted octanol–water partition coefficient (Wildman–Crippen LogP) is 0.749. The Kier molecular flexibility index (Phi) is 4.17. The molecule has 0 spiro atoms. The van der Waals surface area contributed by atoms with E-state index in [1.54, 1.807) is 16.7 Å². The lowest BCUT2D eigenvalue weighted by molar-refractivity contribution is -0.151. The Hall–Kier alpha value is -0.750. The lowest BCUT2D eigenvalue weighted by atomic mass is 9.91. The third kappa shape index (κ3) is 2.64. The molecule has 6 heteroatoms. The normalized spacial score (nSPS) is 36.7. The number of thioether (sulfide) groups is 1. The fourth-order valence-corrected chi connectivity index (χ4v) is 3.91. The van der Waals surface area contributed by atoms with Crippen molar-refractivity contribution in [1.29, 1.82) is 0 Å². The lowest BCUT2D eigenvalue weighted by Gasteiger charge is -2.33. The first kappa shape index (κ1) is 13.7. The fraction of sp³-hybridized carbons (Fsp3) is 0.833. The van der Waals surface area contributed by atoms with E-state index in [0.717, 1.165) is 19.4 Å². The van der Waals surface area contributed by atoms with Gasteiger partial charge in [-0.05, 0) is 33.2 Å². The molecule has 0 bridgehead atoms. The number of carbonyl (C=O) groups is 2. The van der Waals surface area contributed by atoms with Crippen molar-refractivity contribution in [2.45, 2.75) is 44.1 Å². The molecule has 2 saturated heterocycles. The standard InChI is InChI=1S/C12H20N2O3S/c1-7-5-9(3-4-13-7)11(15)14-8(2)18-6-10(14)12(16)17/h7-10,13H,3-6H2,1-2H3,(H,16,17). The molecule has 0 aromatic rings. The number of carboxylic acids is 1. The van der Waals surface area contributed by atoms with Gasteiger partial charge in [-0.3, -0.25) is 4.79 Å². The van der Waals surface area contributed by atoms with Crippen LogP contribution in [0.4, 0.5) is 0 Å². The largest absolute Gasteiger partial charge is 0.480 e. The molecule has 2 heterocycles. The third-order valence-corrected chi connectivity index (χ3v) is 4.95.